The van der Waals surface area contributed by atoms with E-state index in [4.69, 9.17) is 0 Å². The molecule has 1 nitrogen and oxygen atoms in total. The van der Waals surface area contributed by atoms with E-state index in [1.54, 1.807) is 11.1 Å². The Balaban J connectivity index is 1.96. The molecule has 0 N–H and O–H groups in total. The maximum atomic E-state index is 4.25. The van der Waals surface area contributed by atoms with Gasteiger partial charge in [0.15, 0.2) is 0 Å². The highest BCUT2D eigenvalue weighted by Crippen LogP contribution is 2.46. The highest BCUT2D eigenvalue weighted by atomic mass is 14.6. The SMILES string of the molecule is c1cc(C2CCC2)c(C2CC2)cn1. The Morgan fingerprint density at radius 3 is 2.38 bits per heavy atom. The van der Waals surface area contributed by atoms with Crippen LogP contribution in [0.2, 0.25) is 0 Å². The van der Waals surface area contributed by atoms with Crippen molar-refractivity contribution in [3.8, 4) is 0 Å². The van der Waals surface area contributed by atoms with Gasteiger partial charge in [-0.05, 0) is 54.7 Å². The molecule has 0 aliphatic heterocycles. The van der Waals surface area contributed by atoms with Crippen LogP contribution in [-0.2, 0) is 0 Å². The van der Waals surface area contributed by atoms with E-state index in [9.17, 15) is 0 Å². The number of hydrogen-bond donors (Lipinski definition) is 0. The third kappa shape index (κ3) is 1.27. The Bertz CT molecular complexity index is 311. The molecular formula is C12H15N. The zero-order valence-corrected chi connectivity index (χ0v) is 7.87. The Labute approximate surface area is 79.2 Å². The van der Waals surface area contributed by atoms with E-state index in [-0.39, 0.29) is 0 Å². The summed E-state index contributed by atoms with van der Waals surface area (Å²) in [5, 5.41) is 0. The summed E-state index contributed by atoms with van der Waals surface area (Å²) >= 11 is 0. The molecule has 1 heterocycles. The number of rotatable bonds is 2. The fourth-order valence-corrected chi connectivity index (χ4v) is 2.24. The molecule has 0 aromatic carbocycles. The van der Waals surface area contributed by atoms with E-state index in [0.717, 1.165) is 11.8 Å². The summed E-state index contributed by atoms with van der Waals surface area (Å²) in [6, 6.07) is 2.25. The average Bonchev–Trinajstić information content (AvgIpc) is 2.85. The van der Waals surface area contributed by atoms with Crippen LogP contribution in [0.1, 0.15) is 55.1 Å². The first-order valence-corrected chi connectivity index (χ1v) is 5.39. The van der Waals surface area contributed by atoms with Gasteiger partial charge in [-0.2, -0.15) is 0 Å². The lowest BCUT2D eigenvalue weighted by atomic mass is 9.78. The summed E-state index contributed by atoms with van der Waals surface area (Å²) in [5.41, 5.74) is 3.18. The van der Waals surface area contributed by atoms with E-state index in [2.05, 4.69) is 17.2 Å². The molecule has 0 spiro atoms. The minimum absolute atomic E-state index is 0.865. The summed E-state index contributed by atoms with van der Waals surface area (Å²) in [5.74, 6) is 1.74. The summed E-state index contributed by atoms with van der Waals surface area (Å²) in [4.78, 5) is 4.25. The van der Waals surface area contributed by atoms with Crippen LogP contribution in [0.4, 0.5) is 0 Å². The molecule has 0 bridgehead atoms. The van der Waals surface area contributed by atoms with Gasteiger partial charge in [-0.1, -0.05) is 6.42 Å². The minimum atomic E-state index is 0.865. The fraction of sp³-hybridized carbons (Fsp3) is 0.583. The highest BCUT2D eigenvalue weighted by molar-refractivity contribution is 5.34. The van der Waals surface area contributed by atoms with Crippen molar-refractivity contribution in [2.45, 2.75) is 43.9 Å². The van der Waals surface area contributed by atoms with E-state index < -0.39 is 0 Å². The molecule has 1 aromatic rings. The zero-order valence-electron chi connectivity index (χ0n) is 7.87. The molecule has 0 unspecified atom stereocenters. The summed E-state index contributed by atoms with van der Waals surface area (Å²) in [7, 11) is 0. The van der Waals surface area contributed by atoms with Crippen LogP contribution >= 0.6 is 0 Å². The van der Waals surface area contributed by atoms with Crippen LogP contribution in [0.3, 0.4) is 0 Å². The lowest BCUT2D eigenvalue weighted by Gasteiger charge is -2.27. The highest BCUT2D eigenvalue weighted by Gasteiger charge is 2.30. The van der Waals surface area contributed by atoms with E-state index in [0.29, 0.717) is 0 Å². The predicted octanol–water partition coefficient (Wildman–Crippen LogP) is 3.23. The lowest BCUT2D eigenvalue weighted by molar-refractivity contribution is 0.417. The van der Waals surface area contributed by atoms with Crippen molar-refractivity contribution in [1.29, 1.82) is 0 Å². The van der Waals surface area contributed by atoms with Gasteiger partial charge in [-0.25, -0.2) is 0 Å². The first-order valence-electron chi connectivity index (χ1n) is 5.39. The minimum Gasteiger partial charge on any atom is -0.264 e. The topological polar surface area (TPSA) is 12.9 Å². The molecule has 2 saturated carbocycles. The van der Waals surface area contributed by atoms with Crippen LogP contribution in [0, 0.1) is 0 Å². The molecule has 13 heavy (non-hydrogen) atoms. The number of aromatic nitrogens is 1. The second-order valence-corrected chi connectivity index (χ2v) is 4.41. The summed E-state index contributed by atoms with van der Waals surface area (Å²) in [6.45, 7) is 0. The van der Waals surface area contributed by atoms with Crippen LogP contribution in [0.5, 0.6) is 0 Å². The normalized spacial score (nSPS) is 22.8. The quantitative estimate of drug-likeness (QED) is 0.669. The van der Waals surface area contributed by atoms with Gasteiger partial charge in [0.2, 0.25) is 0 Å². The van der Waals surface area contributed by atoms with Gasteiger partial charge in [0.1, 0.15) is 0 Å². The first-order chi connectivity index (χ1) is 6.45. The second-order valence-electron chi connectivity index (χ2n) is 4.41. The van der Waals surface area contributed by atoms with Crippen molar-refractivity contribution in [1.82, 2.24) is 4.98 Å². The first kappa shape index (κ1) is 7.54. The van der Waals surface area contributed by atoms with E-state index in [1.807, 2.05) is 6.20 Å². The maximum Gasteiger partial charge on any atom is 0.0305 e. The summed E-state index contributed by atoms with van der Waals surface area (Å²) < 4.78 is 0. The third-order valence-electron chi connectivity index (χ3n) is 3.45. The van der Waals surface area contributed by atoms with Gasteiger partial charge < -0.3 is 0 Å². The van der Waals surface area contributed by atoms with E-state index >= 15 is 0 Å². The molecule has 1 heteroatoms. The Morgan fingerprint density at radius 2 is 1.77 bits per heavy atom. The Kier molecular flexibility index (Phi) is 1.64. The van der Waals surface area contributed by atoms with Crippen LogP contribution in [-0.4, -0.2) is 4.98 Å². The average molecular weight is 173 g/mol. The van der Waals surface area contributed by atoms with Gasteiger partial charge in [0.05, 0.1) is 0 Å². The maximum absolute atomic E-state index is 4.25. The van der Waals surface area contributed by atoms with Crippen molar-refractivity contribution in [2.24, 2.45) is 0 Å². The predicted molar refractivity (Wildman–Crippen MR) is 52.8 cm³/mol. The third-order valence-corrected chi connectivity index (χ3v) is 3.45. The molecule has 2 aliphatic carbocycles. The van der Waals surface area contributed by atoms with Gasteiger partial charge in [-0.3, -0.25) is 4.98 Å². The van der Waals surface area contributed by atoms with Crippen molar-refractivity contribution in [3.63, 3.8) is 0 Å². The van der Waals surface area contributed by atoms with Crippen molar-refractivity contribution < 1.29 is 0 Å². The molecule has 0 amide bonds. The fourth-order valence-electron chi connectivity index (χ4n) is 2.24. The monoisotopic (exact) mass is 173 g/mol. The molecule has 2 fully saturated rings. The van der Waals surface area contributed by atoms with Gasteiger partial charge in [0, 0.05) is 12.4 Å². The Morgan fingerprint density at radius 1 is 1.00 bits per heavy atom. The molecule has 0 saturated heterocycles. The zero-order chi connectivity index (χ0) is 8.67. The van der Waals surface area contributed by atoms with E-state index in [1.165, 1.54) is 32.1 Å². The second kappa shape index (κ2) is 2.83. The largest absolute Gasteiger partial charge is 0.264 e. The molecule has 1 aromatic heterocycles. The van der Waals surface area contributed by atoms with Gasteiger partial charge in [-0.15, -0.1) is 0 Å². The van der Waals surface area contributed by atoms with Gasteiger partial charge >= 0.3 is 0 Å². The van der Waals surface area contributed by atoms with Crippen molar-refractivity contribution in [2.75, 3.05) is 0 Å². The standard InChI is InChI=1S/C12H15N/c1-2-9(3-1)11-6-7-13-8-12(11)10-4-5-10/h6-10H,1-5H2. The number of nitrogens with zero attached hydrogens (tertiary/aromatic N) is 1. The van der Waals surface area contributed by atoms with Crippen LogP contribution in [0.25, 0.3) is 0 Å². The smallest absolute Gasteiger partial charge is 0.0305 e. The summed E-state index contributed by atoms with van der Waals surface area (Å²) in [6.07, 6.45) is 11.1. The molecule has 3 rings (SSSR count). The molecule has 68 valence electrons. The number of pyridine rings is 1. The molecule has 0 radical (unpaired) electrons. The number of hydrogen-bond acceptors (Lipinski definition) is 1. The van der Waals surface area contributed by atoms with Crippen molar-refractivity contribution in [3.05, 3.63) is 29.6 Å². The Hall–Kier alpha value is -0.850. The van der Waals surface area contributed by atoms with Gasteiger partial charge in [0.25, 0.3) is 0 Å². The van der Waals surface area contributed by atoms with Crippen LogP contribution in [0.15, 0.2) is 18.5 Å². The molecule has 2 aliphatic rings. The molecule has 0 atom stereocenters. The van der Waals surface area contributed by atoms with Crippen LogP contribution < -0.4 is 0 Å². The lowest BCUT2D eigenvalue weighted by Crippen LogP contribution is -2.11. The van der Waals surface area contributed by atoms with Crippen molar-refractivity contribution >= 4 is 0 Å². The molecular weight excluding hydrogens is 158 g/mol.